The Bertz CT molecular complexity index is 476. The highest BCUT2D eigenvalue weighted by atomic mass is 16.2. The lowest BCUT2D eigenvalue weighted by Gasteiger charge is -2.24. The van der Waals surface area contributed by atoms with Gasteiger partial charge in [-0.2, -0.15) is 0 Å². The summed E-state index contributed by atoms with van der Waals surface area (Å²) in [5.41, 5.74) is 3.31. The normalized spacial score (nSPS) is 18.3. The van der Waals surface area contributed by atoms with Crippen LogP contribution in [0.1, 0.15) is 24.0 Å². The lowest BCUT2D eigenvalue weighted by molar-refractivity contribution is -0.119. The fraction of sp³-hybridized carbons (Fsp3) is 0.438. The van der Waals surface area contributed by atoms with Crippen LogP contribution in [0, 0.1) is 6.92 Å². The summed E-state index contributed by atoms with van der Waals surface area (Å²) < 4.78 is 0. The van der Waals surface area contributed by atoms with E-state index >= 15 is 0 Å². The minimum Gasteiger partial charge on any atom is -0.314 e. The molecular weight excluding hydrogens is 236 g/mol. The van der Waals surface area contributed by atoms with Crippen molar-refractivity contribution in [2.45, 2.75) is 32.2 Å². The molecule has 1 N–H and O–H groups in total. The molecular formula is C16H22N2O. The molecule has 1 saturated heterocycles. The van der Waals surface area contributed by atoms with Crippen LogP contribution in [0.3, 0.4) is 0 Å². The first-order chi connectivity index (χ1) is 9.13. The minimum atomic E-state index is -0.0258. The standard InChI is InChI=1S/C16H22N2O/c1-4-6-13-9-8-12(2)11-15(13)18(3)16(19)14-7-5-10-17-14/h4,8-9,11,14,17H,1,5-7,10H2,2-3H3/t14-/m0/s1. The fourth-order valence-corrected chi connectivity index (χ4v) is 2.56. The first-order valence-corrected chi connectivity index (χ1v) is 6.85. The Morgan fingerprint density at radius 2 is 2.37 bits per heavy atom. The Hall–Kier alpha value is -1.61. The van der Waals surface area contributed by atoms with Crippen molar-refractivity contribution >= 4 is 11.6 Å². The van der Waals surface area contributed by atoms with Crippen molar-refractivity contribution in [3.05, 3.63) is 42.0 Å². The second kappa shape index (κ2) is 6.02. The van der Waals surface area contributed by atoms with Crippen LogP contribution >= 0.6 is 0 Å². The number of amides is 1. The Labute approximate surface area is 115 Å². The highest BCUT2D eigenvalue weighted by Gasteiger charge is 2.26. The van der Waals surface area contributed by atoms with Crippen LogP contribution in [0.15, 0.2) is 30.9 Å². The summed E-state index contributed by atoms with van der Waals surface area (Å²) in [7, 11) is 1.86. The van der Waals surface area contributed by atoms with E-state index < -0.39 is 0 Å². The maximum absolute atomic E-state index is 12.5. The molecule has 1 fully saturated rings. The van der Waals surface area contributed by atoms with E-state index in [1.807, 2.05) is 20.0 Å². The maximum Gasteiger partial charge on any atom is 0.243 e. The molecule has 0 aliphatic carbocycles. The van der Waals surface area contributed by atoms with E-state index in [1.165, 1.54) is 5.56 Å². The molecule has 1 amide bonds. The van der Waals surface area contributed by atoms with Gasteiger partial charge in [0.05, 0.1) is 6.04 Å². The zero-order valence-corrected chi connectivity index (χ0v) is 11.8. The Balaban J connectivity index is 2.25. The number of carbonyl (C=O) groups excluding carboxylic acids is 1. The topological polar surface area (TPSA) is 32.3 Å². The number of hydrogen-bond donors (Lipinski definition) is 1. The third kappa shape index (κ3) is 3.04. The number of rotatable bonds is 4. The van der Waals surface area contributed by atoms with Crippen LogP contribution in [0.4, 0.5) is 5.69 Å². The molecule has 0 bridgehead atoms. The van der Waals surface area contributed by atoms with Gasteiger partial charge in [0, 0.05) is 12.7 Å². The van der Waals surface area contributed by atoms with Crippen LogP contribution in [-0.4, -0.2) is 25.5 Å². The van der Waals surface area contributed by atoms with Gasteiger partial charge in [0.25, 0.3) is 0 Å². The van der Waals surface area contributed by atoms with E-state index in [-0.39, 0.29) is 11.9 Å². The van der Waals surface area contributed by atoms with E-state index in [4.69, 9.17) is 0 Å². The van der Waals surface area contributed by atoms with Gasteiger partial charge in [-0.05, 0) is 49.9 Å². The van der Waals surface area contributed by atoms with Crippen LogP contribution in [-0.2, 0) is 11.2 Å². The van der Waals surface area contributed by atoms with Gasteiger partial charge < -0.3 is 10.2 Å². The molecule has 1 aromatic rings. The summed E-state index contributed by atoms with van der Waals surface area (Å²) >= 11 is 0. The van der Waals surface area contributed by atoms with Gasteiger partial charge in [0.1, 0.15) is 0 Å². The number of likely N-dealkylation sites (N-methyl/N-ethyl adjacent to an activating group) is 1. The molecule has 0 aromatic heterocycles. The van der Waals surface area contributed by atoms with Crippen molar-refractivity contribution in [2.75, 3.05) is 18.5 Å². The number of allylic oxidation sites excluding steroid dienone is 1. The van der Waals surface area contributed by atoms with Crippen LogP contribution in [0.5, 0.6) is 0 Å². The van der Waals surface area contributed by atoms with Gasteiger partial charge in [-0.25, -0.2) is 0 Å². The quantitative estimate of drug-likeness (QED) is 0.841. The molecule has 2 rings (SSSR count). The largest absolute Gasteiger partial charge is 0.314 e. The Kier molecular flexibility index (Phi) is 4.38. The molecule has 1 heterocycles. The summed E-state index contributed by atoms with van der Waals surface area (Å²) in [6.45, 7) is 6.78. The van der Waals surface area contributed by atoms with Crippen molar-refractivity contribution in [2.24, 2.45) is 0 Å². The summed E-state index contributed by atoms with van der Waals surface area (Å²) in [4.78, 5) is 14.2. The van der Waals surface area contributed by atoms with Crippen LogP contribution in [0.25, 0.3) is 0 Å². The molecule has 0 radical (unpaired) electrons. The Morgan fingerprint density at radius 3 is 3.00 bits per heavy atom. The van der Waals surface area contributed by atoms with E-state index in [0.717, 1.165) is 37.1 Å². The fourth-order valence-electron chi connectivity index (χ4n) is 2.56. The number of carbonyl (C=O) groups is 1. The minimum absolute atomic E-state index is 0.0258. The molecule has 19 heavy (non-hydrogen) atoms. The van der Waals surface area contributed by atoms with Crippen molar-refractivity contribution in [3.8, 4) is 0 Å². The molecule has 0 unspecified atom stereocenters. The smallest absolute Gasteiger partial charge is 0.243 e. The molecule has 102 valence electrons. The number of benzene rings is 1. The predicted octanol–water partition coefficient (Wildman–Crippen LogP) is 2.44. The lowest BCUT2D eigenvalue weighted by Crippen LogP contribution is -2.42. The highest BCUT2D eigenvalue weighted by molar-refractivity contribution is 5.97. The second-order valence-corrected chi connectivity index (χ2v) is 5.17. The van der Waals surface area contributed by atoms with E-state index in [9.17, 15) is 4.79 Å². The monoisotopic (exact) mass is 258 g/mol. The third-order valence-electron chi connectivity index (χ3n) is 3.66. The first-order valence-electron chi connectivity index (χ1n) is 6.85. The van der Waals surface area contributed by atoms with Gasteiger partial charge in [0.15, 0.2) is 0 Å². The number of anilines is 1. The summed E-state index contributed by atoms with van der Waals surface area (Å²) in [5, 5.41) is 3.26. The predicted molar refractivity (Wildman–Crippen MR) is 79.5 cm³/mol. The average Bonchev–Trinajstić information content (AvgIpc) is 2.93. The van der Waals surface area contributed by atoms with Crippen molar-refractivity contribution in [3.63, 3.8) is 0 Å². The van der Waals surface area contributed by atoms with Crippen LogP contribution in [0.2, 0.25) is 0 Å². The lowest BCUT2D eigenvalue weighted by atomic mass is 10.0. The van der Waals surface area contributed by atoms with Gasteiger partial charge in [-0.3, -0.25) is 4.79 Å². The molecule has 0 spiro atoms. The van der Waals surface area contributed by atoms with Gasteiger partial charge in [0.2, 0.25) is 5.91 Å². The highest BCUT2D eigenvalue weighted by Crippen LogP contribution is 2.23. The third-order valence-corrected chi connectivity index (χ3v) is 3.66. The SMILES string of the molecule is C=CCc1ccc(C)cc1N(C)C(=O)[C@@H]1CCCN1. The molecule has 0 saturated carbocycles. The van der Waals surface area contributed by atoms with E-state index in [1.54, 1.807) is 4.90 Å². The number of hydrogen-bond acceptors (Lipinski definition) is 2. The van der Waals surface area contributed by atoms with Gasteiger partial charge in [-0.15, -0.1) is 6.58 Å². The summed E-state index contributed by atoms with van der Waals surface area (Å²) in [6.07, 6.45) is 4.68. The first kappa shape index (κ1) is 13.8. The zero-order valence-electron chi connectivity index (χ0n) is 11.8. The van der Waals surface area contributed by atoms with Crippen molar-refractivity contribution in [1.29, 1.82) is 0 Å². The molecule has 1 aromatic carbocycles. The van der Waals surface area contributed by atoms with Crippen molar-refractivity contribution < 1.29 is 4.79 Å². The average molecular weight is 258 g/mol. The summed E-state index contributed by atoms with van der Waals surface area (Å²) in [6, 6.07) is 6.21. The van der Waals surface area contributed by atoms with E-state index in [0.29, 0.717) is 0 Å². The Morgan fingerprint density at radius 1 is 1.58 bits per heavy atom. The van der Waals surface area contributed by atoms with Gasteiger partial charge >= 0.3 is 0 Å². The number of nitrogens with zero attached hydrogens (tertiary/aromatic N) is 1. The maximum atomic E-state index is 12.5. The molecule has 1 aliphatic heterocycles. The van der Waals surface area contributed by atoms with Crippen LogP contribution < -0.4 is 10.2 Å². The van der Waals surface area contributed by atoms with E-state index in [2.05, 4.69) is 30.1 Å². The number of nitrogens with one attached hydrogen (secondary N) is 1. The molecule has 1 atom stereocenters. The second-order valence-electron chi connectivity index (χ2n) is 5.17. The van der Waals surface area contributed by atoms with Crippen molar-refractivity contribution in [1.82, 2.24) is 5.32 Å². The number of aryl methyl sites for hydroxylation is 1. The molecule has 3 heteroatoms. The summed E-state index contributed by atoms with van der Waals surface area (Å²) in [5.74, 6) is 0.161. The molecule has 1 aliphatic rings. The zero-order chi connectivity index (χ0) is 13.8. The van der Waals surface area contributed by atoms with Gasteiger partial charge in [-0.1, -0.05) is 18.2 Å². The molecule has 3 nitrogen and oxygen atoms in total.